The summed E-state index contributed by atoms with van der Waals surface area (Å²) in [5.41, 5.74) is 1.02. The molecule has 0 spiro atoms. The van der Waals surface area contributed by atoms with E-state index < -0.39 is 0 Å². The molecule has 0 atom stereocenters. The molecule has 1 N–H and O–H groups in total. The topological polar surface area (TPSA) is 47.0 Å². The second-order valence-electron chi connectivity index (χ2n) is 3.92. The van der Waals surface area contributed by atoms with Gasteiger partial charge in [0.1, 0.15) is 17.9 Å². The molecule has 0 fully saturated rings. The SMILES string of the molecule is CCCc1c(NC)ncnc1Oc1ccccc1. The predicted molar refractivity (Wildman–Crippen MR) is 72.1 cm³/mol. The molecule has 0 saturated carbocycles. The Morgan fingerprint density at radius 3 is 2.61 bits per heavy atom. The van der Waals surface area contributed by atoms with Crippen molar-refractivity contribution in [2.45, 2.75) is 19.8 Å². The Kier molecular flexibility index (Phi) is 4.12. The van der Waals surface area contributed by atoms with E-state index >= 15 is 0 Å². The van der Waals surface area contributed by atoms with Crippen LogP contribution in [0, 0.1) is 0 Å². The van der Waals surface area contributed by atoms with Gasteiger partial charge >= 0.3 is 0 Å². The van der Waals surface area contributed by atoms with Crippen LogP contribution < -0.4 is 10.1 Å². The average molecular weight is 243 g/mol. The maximum absolute atomic E-state index is 5.81. The second kappa shape index (κ2) is 6.00. The number of nitrogens with one attached hydrogen (secondary N) is 1. The van der Waals surface area contributed by atoms with Crippen LogP contribution in [0.1, 0.15) is 18.9 Å². The third-order valence-corrected chi connectivity index (χ3v) is 2.60. The van der Waals surface area contributed by atoms with Gasteiger partial charge in [0.2, 0.25) is 5.88 Å². The smallest absolute Gasteiger partial charge is 0.227 e. The summed E-state index contributed by atoms with van der Waals surface area (Å²) in [6.07, 6.45) is 3.43. The summed E-state index contributed by atoms with van der Waals surface area (Å²) in [4.78, 5) is 8.44. The van der Waals surface area contributed by atoms with Crippen molar-refractivity contribution >= 4 is 5.82 Å². The first-order valence-corrected chi connectivity index (χ1v) is 6.09. The van der Waals surface area contributed by atoms with Crippen LogP contribution in [0.4, 0.5) is 5.82 Å². The van der Waals surface area contributed by atoms with E-state index in [0.717, 1.165) is 30.0 Å². The predicted octanol–water partition coefficient (Wildman–Crippen LogP) is 3.26. The van der Waals surface area contributed by atoms with E-state index in [2.05, 4.69) is 22.2 Å². The first-order valence-electron chi connectivity index (χ1n) is 6.09. The molecule has 94 valence electrons. The lowest BCUT2D eigenvalue weighted by Crippen LogP contribution is -2.03. The molecule has 2 aromatic rings. The molecule has 0 aliphatic heterocycles. The van der Waals surface area contributed by atoms with Gasteiger partial charge in [-0.25, -0.2) is 9.97 Å². The minimum Gasteiger partial charge on any atom is -0.439 e. The van der Waals surface area contributed by atoms with Crippen molar-refractivity contribution in [3.05, 3.63) is 42.2 Å². The van der Waals surface area contributed by atoms with Gasteiger partial charge in [0.25, 0.3) is 0 Å². The van der Waals surface area contributed by atoms with Crippen LogP contribution in [0.2, 0.25) is 0 Å². The molecule has 18 heavy (non-hydrogen) atoms. The van der Waals surface area contributed by atoms with E-state index in [9.17, 15) is 0 Å². The number of hydrogen-bond acceptors (Lipinski definition) is 4. The van der Waals surface area contributed by atoms with Crippen LogP contribution in [-0.4, -0.2) is 17.0 Å². The van der Waals surface area contributed by atoms with Crippen molar-refractivity contribution < 1.29 is 4.74 Å². The van der Waals surface area contributed by atoms with Crippen molar-refractivity contribution in [1.82, 2.24) is 9.97 Å². The number of para-hydroxylation sites is 1. The van der Waals surface area contributed by atoms with Crippen molar-refractivity contribution in [1.29, 1.82) is 0 Å². The molecule has 0 aliphatic rings. The zero-order valence-electron chi connectivity index (χ0n) is 10.7. The highest BCUT2D eigenvalue weighted by Crippen LogP contribution is 2.27. The molecule has 1 heterocycles. The summed E-state index contributed by atoms with van der Waals surface area (Å²) in [5.74, 6) is 2.25. The Hall–Kier alpha value is -2.10. The molecule has 0 unspecified atom stereocenters. The molecule has 0 radical (unpaired) electrons. The number of aromatic nitrogens is 2. The molecule has 2 rings (SSSR count). The van der Waals surface area contributed by atoms with E-state index in [4.69, 9.17) is 4.74 Å². The minimum atomic E-state index is 0.627. The highest BCUT2D eigenvalue weighted by atomic mass is 16.5. The van der Waals surface area contributed by atoms with Gasteiger partial charge in [0, 0.05) is 7.05 Å². The van der Waals surface area contributed by atoms with Gasteiger partial charge in [0.05, 0.1) is 5.56 Å². The van der Waals surface area contributed by atoms with Crippen molar-refractivity contribution in [3.63, 3.8) is 0 Å². The van der Waals surface area contributed by atoms with Gasteiger partial charge in [-0.05, 0) is 18.6 Å². The zero-order valence-corrected chi connectivity index (χ0v) is 10.7. The zero-order chi connectivity index (χ0) is 12.8. The number of ether oxygens (including phenoxy) is 1. The molecule has 0 bridgehead atoms. The van der Waals surface area contributed by atoms with Gasteiger partial charge in [-0.15, -0.1) is 0 Å². The van der Waals surface area contributed by atoms with Crippen molar-refractivity contribution in [3.8, 4) is 11.6 Å². The lowest BCUT2D eigenvalue weighted by molar-refractivity contribution is 0.454. The van der Waals surface area contributed by atoms with Gasteiger partial charge < -0.3 is 10.1 Å². The number of rotatable bonds is 5. The molecule has 1 aromatic heterocycles. The maximum Gasteiger partial charge on any atom is 0.227 e. The molecule has 0 aliphatic carbocycles. The number of benzene rings is 1. The third kappa shape index (κ3) is 2.77. The Labute approximate surface area is 107 Å². The summed E-state index contributed by atoms with van der Waals surface area (Å²) in [6.45, 7) is 2.12. The molecule has 0 saturated heterocycles. The number of nitrogens with zero attached hydrogens (tertiary/aromatic N) is 2. The van der Waals surface area contributed by atoms with Crippen molar-refractivity contribution in [2.75, 3.05) is 12.4 Å². The maximum atomic E-state index is 5.81. The second-order valence-corrected chi connectivity index (χ2v) is 3.92. The Bertz CT molecular complexity index is 500. The Balaban J connectivity index is 2.32. The first-order chi connectivity index (χ1) is 8.85. The van der Waals surface area contributed by atoms with Gasteiger partial charge in [-0.2, -0.15) is 0 Å². The van der Waals surface area contributed by atoms with Gasteiger partial charge in [0.15, 0.2) is 0 Å². The van der Waals surface area contributed by atoms with E-state index in [-0.39, 0.29) is 0 Å². The summed E-state index contributed by atoms with van der Waals surface area (Å²) >= 11 is 0. The Morgan fingerprint density at radius 2 is 1.94 bits per heavy atom. The van der Waals surface area contributed by atoms with Gasteiger partial charge in [-0.1, -0.05) is 31.5 Å². The summed E-state index contributed by atoms with van der Waals surface area (Å²) in [6, 6.07) is 9.66. The van der Waals surface area contributed by atoms with E-state index in [1.807, 2.05) is 37.4 Å². The standard InChI is InChI=1S/C14H17N3O/c1-3-7-12-13(15-2)16-10-17-14(12)18-11-8-5-4-6-9-11/h4-6,8-10H,3,7H2,1-2H3,(H,15,16,17). The molecule has 4 heteroatoms. The molecule has 0 amide bonds. The normalized spacial score (nSPS) is 10.1. The van der Waals surface area contributed by atoms with Gasteiger partial charge in [-0.3, -0.25) is 0 Å². The molecular weight excluding hydrogens is 226 g/mol. The fraction of sp³-hybridized carbons (Fsp3) is 0.286. The monoisotopic (exact) mass is 243 g/mol. The van der Waals surface area contributed by atoms with E-state index in [1.165, 1.54) is 6.33 Å². The Morgan fingerprint density at radius 1 is 1.17 bits per heavy atom. The lowest BCUT2D eigenvalue weighted by atomic mass is 10.2. The lowest BCUT2D eigenvalue weighted by Gasteiger charge is -2.12. The summed E-state index contributed by atoms with van der Waals surface area (Å²) in [5, 5.41) is 3.08. The fourth-order valence-electron chi connectivity index (χ4n) is 1.78. The highest BCUT2D eigenvalue weighted by molar-refractivity contribution is 5.49. The first kappa shape index (κ1) is 12.4. The number of anilines is 1. The quantitative estimate of drug-likeness (QED) is 0.875. The average Bonchev–Trinajstić information content (AvgIpc) is 2.42. The van der Waals surface area contributed by atoms with Crippen LogP contribution >= 0.6 is 0 Å². The summed E-state index contributed by atoms with van der Waals surface area (Å²) in [7, 11) is 1.85. The minimum absolute atomic E-state index is 0.627. The van der Waals surface area contributed by atoms with E-state index in [0.29, 0.717) is 5.88 Å². The molecular formula is C14H17N3O. The van der Waals surface area contributed by atoms with Crippen LogP contribution in [0.25, 0.3) is 0 Å². The largest absolute Gasteiger partial charge is 0.439 e. The van der Waals surface area contributed by atoms with Crippen LogP contribution in [0.5, 0.6) is 11.6 Å². The van der Waals surface area contributed by atoms with Crippen LogP contribution in [-0.2, 0) is 6.42 Å². The molecule has 4 nitrogen and oxygen atoms in total. The highest BCUT2D eigenvalue weighted by Gasteiger charge is 2.11. The van der Waals surface area contributed by atoms with Crippen molar-refractivity contribution in [2.24, 2.45) is 0 Å². The summed E-state index contributed by atoms with van der Waals surface area (Å²) < 4.78 is 5.81. The third-order valence-electron chi connectivity index (χ3n) is 2.60. The van der Waals surface area contributed by atoms with Crippen LogP contribution in [0.15, 0.2) is 36.7 Å². The number of hydrogen-bond donors (Lipinski definition) is 1. The fourth-order valence-corrected chi connectivity index (χ4v) is 1.78. The van der Waals surface area contributed by atoms with E-state index in [1.54, 1.807) is 0 Å². The van der Waals surface area contributed by atoms with Crippen LogP contribution in [0.3, 0.4) is 0 Å². The molecule has 1 aromatic carbocycles.